The second kappa shape index (κ2) is 5.28. The van der Waals surface area contributed by atoms with Gasteiger partial charge in [-0.25, -0.2) is 0 Å². The number of aromatic nitrogens is 1. The Hall–Kier alpha value is -1.43. The van der Waals surface area contributed by atoms with E-state index in [2.05, 4.69) is 10.3 Å². The van der Waals surface area contributed by atoms with E-state index in [0.717, 1.165) is 4.88 Å². The highest BCUT2D eigenvalue weighted by atomic mass is 32.1. The average molecular weight is 281 g/mol. The van der Waals surface area contributed by atoms with Crippen LogP contribution in [0.3, 0.4) is 0 Å². The van der Waals surface area contributed by atoms with Crippen LogP contribution >= 0.6 is 11.3 Å². The predicted molar refractivity (Wildman–Crippen MR) is 73.6 cm³/mol. The third-order valence-corrected chi connectivity index (χ3v) is 4.65. The highest BCUT2D eigenvalue weighted by Crippen LogP contribution is 2.31. The molecule has 1 aromatic heterocycles. The van der Waals surface area contributed by atoms with Crippen LogP contribution in [0.25, 0.3) is 0 Å². The van der Waals surface area contributed by atoms with Crippen molar-refractivity contribution in [3.05, 3.63) is 16.6 Å². The largest absolute Gasteiger partial charge is 0.343 e. The molecular formula is C13H19N3O2S. The van der Waals surface area contributed by atoms with Crippen molar-refractivity contribution in [1.82, 2.24) is 15.2 Å². The molecule has 1 fully saturated rings. The maximum atomic E-state index is 12.4. The van der Waals surface area contributed by atoms with Crippen LogP contribution in [0, 0.1) is 0 Å². The monoisotopic (exact) mass is 281 g/mol. The molecule has 1 aromatic rings. The molecule has 1 aliphatic rings. The zero-order valence-electron chi connectivity index (χ0n) is 11.5. The molecule has 0 spiro atoms. The van der Waals surface area contributed by atoms with Gasteiger partial charge in [-0.1, -0.05) is 13.8 Å². The molecule has 19 heavy (non-hydrogen) atoms. The molecule has 0 radical (unpaired) electrons. The fraction of sp³-hybridized carbons (Fsp3) is 0.615. The van der Waals surface area contributed by atoms with Crippen LogP contribution in [0.4, 0.5) is 0 Å². The summed E-state index contributed by atoms with van der Waals surface area (Å²) in [6.07, 6.45) is 2.99. The van der Waals surface area contributed by atoms with Crippen molar-refractivity contribution in [2.75, 3.05) is 0 Å². The van der Waals surface area contributed by atoms with Crippen LogP contribution < -0.4 is 5.32 Å². The summed E-state index contributed by atoms with van der Waals surface area (Å²) >= 11 is 1.51. The Balaban J connectivity index is 2.36. The molecule has 2 heterocycles. The number of nitrogens with one attached hydrogen (secondary N) is 1. The van der Waals surface area contributed by atoms with Crippen molar-refractivity contribution in [2.45, 2.75) is 51.7 Å². The third kappa shape index (κ3) is 2.25. The first-order valence-electron chi connectivity index (χ1n) is 6.55. The number of carbonyl (C=O) groups excluding carboxylic acids is 2. The van der Waals surface area contributed by atoms with Crippen molar-refractivity contribution >= 4 is 23.2 Å². The summed E-state index contributed by atoms with van der Waals surface area (Å²) in [5, 5.41) is 2.79. The molecule has 1 N–H and O–H groups in total. The van der Waals surface area contributed by atoms with Crippen LogP contribution in [0.2, 0.25) is 0 Å². The maximum absolute atomic E-state index is 12.4. The Morgan fingerprint density at radius 3 is 2.63 bits per heavy atom. The molecule has 5 nitrogen and oxygen atoms in total. The molecule has 0 aliphatic carbocycles. The van der Waals surface area contributed by atoms with Crippen molar-refractivity contribution in [1.29, 1.82) is 0 Å². The Labute approximate surface area is 117 Å². The van der Waals surface area contributed by atoms with Gasteiger partial charge in [-0.15, -0.1) is 11.3 Å². The molecule has 0 saturated carbocycles. The lowest BCUT2D eigenvalue weighted by atomic mass is 9.86. The minimum atomic E-state index is -0.729. The summed E-state index contributed by atoms with van der Waals surface area (Å²) in [5.74, 6) is -0.0641. The summed E-state index contributed by atoms with van der Waals surface area (Å²) in [7, 11) is 0. The van der Waals surface area contributed by atoms with Gasteiger partial charge in [-0.3, -0.25) is 14.6 Å². The first-order chi connectivity index (χ1) is 9.05. The van der Waals surface area contributed by atoms with E-state index in [0.29, 0.717) is 19.4 Å². The number of amides is 2. The van der Waals surface area contributed by atoms with Gasteiger partial charge in [0.2, 0.25) is 11.8 Å². The number of nitrogens with zero attached hydrogens (tertiary/aromatic N) is 2. The topological polar surface area (TPSA) is 62.3 Å². The molecule has 1 atom stereocenters. The SMILES string of the molecule is CCC1(CC)C(=O)NC(C)C(=O)N1Cc1cncs1. The van der Waals surface area contributed by atoms with E-state index >= 15 is 0 Å². The Morgan fingerprint density at radius 1 is 1.42 bits per heavy atom. The third-order valence-electron chi connectivity index (χ3n) is 3.89. The Morgan fingerprint density at radius 2 is 2.11 bits per heavy atom. The molecule has 1 unspecified atom stereocenters. The van der Waals surface area contributed by atoms with Crippen molar-refractivity contribution in [3.8, 4) is 0 Å². The molecule has 0 bridgehead atoms. The first-order valence-corrected chi connectivity index (χ1v) is 7.43. The number of carbonyl (C=O) groups is 2. The molecule has 2 amide bonds. The molecule has 6 heteroatoms. The second-order valence-electron chi connectivity index (χ2n) is 4.83. The number of thiazole rings is 1. The van der Waals surface area contributed by atoms with E-state index < -0.39 is 11.6 Å². The van der Waals surface area contributed by atoms with Crippen LogP contribution in [0.1, 0.15) is 38.5 Å². The molecule has 1 saturated heterocycles. The number of hydrogen-bond acceptors (Lipinski definition) is 4. The van der Waals surface area contributed by atoms with E-state index in [9.17, 15) is 9.59 Å². The summed E-state index contributed by atoms with van der Waals surface area (Å²) in [4.78, 5) is 31.5. The summed E-state index contributed by atoms with van der Waals surface area (Å²) in [6, 6.07) is -0.452. The first kappa shape index (κ1) is 14.0. The molecule has 1 aliphatic heterocycles. The van der Waals surface area contributed by atoms with Gasteiger partial charge in [0.25, 0.3) is 0 Å². The lowest BCUT2D eigenvalue weighted by molar-refractivity contribution is -0.158. The lowest BCUT2D eigenvalue weighted by Gasteiger charge is -2.46. The smallest absolute Gasteiger partial charge is 0.246 e. The van der Waals surface area contributed by atoms with Gasteiger partial charge in [-0.05, 0) is 19.8 Å². The van der Waals surface area contributed by atoms with Gasteiger partial charge in [0.05, 0.1) is 12.1 Å². The van der Waals surface area contributed by atoms with E-state index in [1.807, 2.05) is 13.8 Å². The fourth-order valence-corrected chi connectivity index (χ4v) is 3.20. The van der Waals surface area contributed by atoms with Gasteiger partial charge in [-0.2, -0.15) is 0 Å². The van der Waals surface area contributed by atoms with Gasteiger partial charge in [0, 0.05) is 11.1 Å². The van der Waals surface area contributed by atoms with Gasteiger partial charge in [0.15, 0.2) is 0 Å². The normalized spacial score (nSPS) is 22.5. The second-order valence-corrected chi connectivity index (χ2v) is 5.80. The van der Waals surface area contributed by atoms with Crippen LogP contribution in [0.15, 0.2) is 11.7 Å². The van der Waals surface area contributed by atoms with Gasteiger partial charge in [0.1, 0.15) is 11.6 Å². The van der Waals surface area contributed by atoms with Crippen LogP contribution in [0.5, 0.6) is 0 Å². The van der Waals surface area contributed by atoms with Crippen LogP contribution in [-0.2, 0) is 16.1 Å². The highest BCUT2D eigenvalue weighted by molar-refractivity contribution is 7.09. The standard InChI is InChI=1S/C13H19N3O2S/c1-4-13(5-2)12(18)15-9(3)11(17)16(13)7-10-6-14-8-19-10/h6,8-9H,4-5,7H2,1-3H3,(H,15,18). The number of rotatable bonds is 4. The van der Waals surface area contributed by atoms with E-state index in [-0.39, 0.29) is 11.8 Å². The molecular weight excluding hydrogens is 262 g/mol. The highest BCUT2D eigenvalue weighted by Gasteiger charge is 2.49. The van der Waals surface area contributed by atoms with Crippen molar-refractivity contribution in [2.24, 2.45) is 0 Å². The van der Waals surface area contributed by atoms with E-state index in [1.165, 1.54) is 11.3 Å². The van der Waals surface area contributed by atoms with Gasteiger partial charge >= 0.3 is 0 Å². The quantitative estimate of drug-likeness (QED) is 0.911. The fourth-order valence-electron chi connectivity index (χ4n) is 2.62. The number of piperazine rings is 1. The van der Waals surface area contributed by atoms with E-state index in [1.54, 1.807) is 23.5 Å². The van der Waals surface area contributed by atoms with Crippen molar-refractivity contribution < 1.29 is 9.59 Å². The average Bonchev–Trinajstić information content (AvgIpc) is 2.90. The van der Waals surface area contributed by atoms with Crippen LogP contribution in [-0.4, -0.2) is 33.3 Å². The molecule has 0 aromatic carbocycles. The Bertz CT molecular complexity index is 468. The van der Waals surface area contributed by atoms with Gasteiger partial charge < -0.3 is 10.2 Å². The summed E-state index contributed by atoms with van der Waals surface area (Å²) < 4.78 is 0. The summed E-state index contributed by atoms with van der Waals surface area (Å²) in [5.41, 5.74) is 1.01. The Kier molecular flexibility index (Phi) is 3.89. The zero-order valence-corrected chi connectivity index (χ0v) is 12.3. The summed E-state index contributed by atoms with van der Waals surface area (Å²) in [6.45, 7) is 6.09. The minimum absolute atomic E-state index is 0.0169. The van der Waals surface area contributed by atoms with E-state index in [4.69, 9.17) is 0 Å². The predicted octanol–water partition coefficient (Wildman–Crippen LogP) is 1.55. The van der Waals surface area contributed by atoms with Crippen molar-refractivity contribution in [3.63, 3.8) is 0 Å². The number of hydrogen-bond donors (Lipinski definition) is 1. The molecule has 104 valence electrons. The molecule has 2 rings (SSSR count). The maximum Gasteiger partial charge on any atom is 0.246 e. The lowest BCUT2D eigenvalue weighted by Crippen LogP contribution is -2.69. The minimum Gasteiger partial charge on any atom is -0.343 e. The zero-order chi connectivity index (χ0) is 14.0.